The van der Waals surface area contributed by atoms with Crippen LogP contribution in [0.2, 0.25) is 0 Å². The van der Waals surface area contributed by atoms with Gasteiger partial charge in [-0.25, -0.2) is 9.97 Å². The van der Waals surface area contributed by atoms with Gasteiger partial charge < -0.3 is 19.3 Å². The molecule has 1 aliphatic rings. The molecule has 1 fully saturated rings. The lowest BCUT2D eigenvalue weighted by Gasteiger charge is -2.35. The zero-order valence-electron chi connectivity index (χ0n) is 16.3. The average molecular weight is 408 g/mol. The number of anilines is 2. The van der Waals surface area contributed by atoms with E-state index in [2.05, 4.69) is 19.9 Å². The largest absolute Gasteiger partial charge is 0.497 e. The molecule has 0 saturated carbocycles. The standard InChI is InChI=1S/C20H20N6O4/c1-29-15-5-7-16(8-6-15)30-20-18(26(27)28)19(22-14-23-20)25-12-10-24(11-13-25)17-4-2-3-9-21-17/h2-9,14H,10-13H2,1H3. The van der Waals surface area contributed by atoms with Gasteiger partial charge in [-0.1, -0.05) is 6.07 Å². The van der Waals surface area contributed by atoms with E-state index in [9.17, 15) is 10.1 Å². The summed E-state index contributed by atoms with van der Waals surface area (Å²) >= 11 is 0. The summed E-state index contributed by atoms with van der Waals surface area (Å²) in [6, 6.07) is 12.5. The van der Waals surface area contributed by atoms with Gasteiger partial charge in [-0.3, -0.25) is 10.1 Å². The van der Waals surface area contributed by atoms with Gasteiger partial charge in [-0.15, -0.1) is 0 Å². The summed E-state index contributed by atoms with van der Waals surface area (Å²) in [5.74, 6) is 2.12. The Morgan fingerprint density at radius 1 is 0.933 bits per heavy atom. The smallest absolute Gasteiger partial charge is 0.373 e. The van der Waals surface area contributed by atoms with Crippen molar-refractivity contribution in [3.8, 4) is 17.4 Å². The Morgan fingerprint density at radius 2 is 1.63 bits per heavy atom. The van der Waals surface area contributed by atoms with Crippen molar-refractivity contribution in [3.63, 3.8) is 0 Å². The first kappa shape index (κ1) is 19.4. The predicted octanol–water partition coefficient (Wildman–Crippen LogP) is 2.91. The minimum absolute atomic E-state index is 0.0951. The van der Waals surface area contributed by atoms with E-state index in [0.29, 0.717) is 37.7 Å². The summed E-state index contributed by atoms with van der Waals surface area (Å²) in [6.07, 6.45) is 3.03. The third kappa shape index (κ3) is 4.07. The van der Waals surface area contributed by atoms with Crippen LogP contribution in [-0.2, 0) is 0 Å². The molecule has 10 nitrogen and oxygen atoms in total. The van der Waals surface area contributed by atoms with Crippen LogP contribution < -0.4 is 19.3 Å². The molecule has 154 valence electrons. The van der Waals surface area contributed by atoms with E-state index in [1.54, 1.807) is 37.6 Å². The lowest BCUT2D eigenvalue weighted by atomic mass is 10.3. The summed E-state index contributed by atoms with van der Waals surface area (Å²) in [5.41, 5.74) is -0.250. The highest BCUT2D eigenvalue weighted by Gasteiger charge is 2.30. The van der Waals surface area contributed by atoms with E-state index >= 15 is 0 Å². The SMILES string of the molecule is COc1ccc(Oc2ncnc(N3CCN(c4ccccn4)CC3)c2[N+](=O)[O-])cc1. The van der Waals surface area contributed by atoms with E-state index in [1.165, 1.54) is 6.33 Å². The average Bonchev–Trinajstić information content (AvgIpc) is 2.80. The molecule has 0 bridgehead atoms. The molecule has 4 rings (SSSR count). The number of nitro groups is 1. The van der Waals surface area contributed by atoms with Gasteiger partial charge >= 0.3 is 11.6 Å². The maximum atomic E-state index is 11.8. The number of nitrogens with zero attached hydrogens (tertiary/aromatic N) is 6. The van der Waals surface area contributed by atoms with E-state index in [-0.39, 0.29) is 17.4 Å². The molecule has 0 spiro atoms. The third-order valence-electron chi connectivity index (χ3n) is 4.78. The van der Waals surface area contributed by atoms with E-state index in [4.69, 9.17) is 9.47 Å². The van der Waals surface area contributed by atoms with Gasteiger partial charge in [0.25, 0.3) is 0 Å². The van der Waals surface area contributed by atoms with Crippen LogP contribution in [0.4, 0.5) is 17.3 Å². The number of piperazine rings is 1. The molecule has 0 unspecified atom stereocenters. The molecule has 3 aromatic rings. The van der Waals surface area contributed by atoms with Gasteiger partial charge in [-0.05, 0) is 36.4 Å². The lowest BCUT2D eigenvalue weighted by molar-refractivity contribution is -0.385. The van der Waals surface area contributed by atoms with Crippen molar-refractivity contribution >= 4 is 17.3 Å². The summed E-state index contributed by atoms with van der Waals surface area (Å²) in [7, 11) is 1.56. The summed E-state index contributed by atoms with van der Waals surface area (Å²) in [4.78, 5) is 27.9. The third-order valence-corrected chi connectivity index (χ3v) is 4.78. The summed E-state index contributed by atoms with van der Waals surface area (Å²) in [6.45, 7) is 2.48. The first-order valence-corrected chi connectivity index (χ1v) is 9.38. The fraction of sp³-hybridized carbons (Fsp3) is 0.250. The molecular formula is C20H20N6O4. The topological polar surface area (TPSA) is 107 Å². The molecule has 30 heavy (non-hydrogen) atoms. The molecule has 2 aromatic heterocycles. The number of ether oxygens (including phenoxy) is 2. The van der Waals surface area contributed by atoms with Crippen LogP contribution in [-0.4, -0.2) is 53.2 Å². The monoisotopic (exact) mass is 408 g/mol. The fourth-order valence-electron chi connectivity index (χ4n) is 3.26. The Morgan fingerprint density at radius 3 is 2.27 bits per heavy atom. The summed E-state index contributed by atoms with van der Waals surface area (Å²) in [5, 5.41) is 11.8. The Kier molecular flexibility index (Phi) is 5.55. The molecule has 0 atom stereocenters. The Bertz CT molecular complexity index is 1010. The second-order valence-corrected chi connectivity index (χ2v) is 6.55. The van der Waals surface area contributed by atoms with Gasteiger partial charge in [0.05, 0.1) is 12.0 Å². The van der Waals surface area contributed by atoms with E-state index in [0.717, 1.165) is 5.82 Å². The summed E-state index contributed by atoms with van der Waals surface area (Å²) < 4.78 is 10.8. The molecule has 10 heteroatoms. The number of aromatic nitrogens is 3. The van der Waals surface area contributed by atoms with Gasteiger partial charge in [0, 0.05) is 32.4 Å². The molecular weight excluding hydrogens is 388 g/mol. The maximum absolute atomic E-state index is 11.8. The van der Waals surface area contributed by atoms with Crippen LogP contribution in [0, 0.1) is 10.1 Å². The van der Waals surface area contributed by atoms with Gasteiger partial charge in [0.1, 0.15) is 23.6 Å². The predicted molar refractivity (Wildman–Crippen MR) is 110 cm³/mol. The normalized spacial score (nSPS) is 13.8. The van der Waals surface area contributed by atoms with Crippen LogP contribution in [0.1, 0.15) is 0 Å². The van der Waals surface area contributed by atoms with Crippen LogP contribution in [0.3, 0.4) is 0 Å². The van der Waals surface area contributed by atoms with Gasteiger partial charge in [0.2, 0.25) is 5.82 Å². The molecule has 0 aliphatic carbocycles. The first-order chi connectivity index (χ1) is 14.7. The number of rotatable bonds is 6. The highest BCUT2D eigenvalue weighted by Crippen LogP contribution is 2.36. The number of benzene rings is 1. The van der Waals surface area contributed by atoms with Gasteiger partial charge in [0.15, 0.2) is 0 Å². The van der Waals surface area contributed by atoms with E-state index in [1.807, 2.05) is 23.1 Å². The molecule has 0 amide bonds. The number of hydrogen-bond donors (Lipinski definition) is 0. The second kappa shape index (κ2) is 8.60. The van der Waals surface area contributed by atoms with Crippen molar-refractivity contribution in [2.75, 3.05) is 43.1 Å². The Hall–Kier alpha value is -3.95. The van der Waals surface area contributed by atoms with Crippen LogP contribution in [0.15, 0.2) is 55.0 Å². The number of hydrogen-bond acceptors (Lipinski definition) is 9. The quantitative estimate of drug-likeness (QED) is 0.449. The van der Waals surface area contributed by atoms with Gasteiger partial charge in [-0.2, -0.15) is 4.98 Å². The zero-order valence-corrected chi connectivity index (χ0v) is 16.3. The maximum Gasteiger partial charge on any atom is 0.373 e. The van der Waals surface area contributed by atoms with Crippen LogP contribution >= 0.6 is 0 Å². The van der Waals surface area contributed by atoms with Crippen molar-refractivity contribution in [1.82, 2.24) is 15.0 Å². The minimum Gasteiger partial charge on any atom is -0.497 e. The molecule has 0 N–H and O–H groups in total. The van der Waals surface area contributed by atoms with Crippen molar-refractivity contribution in [2.45, 2.75) is 0 Å². The van der Waals surface area contributed by atoms with Crippen LogP contribution in [0.25, 0.3) is 0 Å². The zero-order chi connectivity index (χ0) is 20.9. The number of pyridine rings is 1. The van der Waals surface area contributed by atoms with Crippen LogP contribution in [0.5, 0.6) is 17.4 Å². The van der Waals surface area contributed by atoms with E-state index < -0.39 is 4.92 Å². The minimum atomic E-state index is -0.501. The lowest BCUT2D eigenvalue weighted by Crippen LogP contribution is -2.47. The highest BCUT2D eigenvalue weighted by atomic mass is 16.6. The Labute approximate surface area is 172 Å². The van der Waals surface area contributed by atoms with Crippen molar-refractivity contribution in [2.24, 2.45) is 0 Å². The molecule has 1 saturated heterocycles. The van der Waals surface area contributed by atoms with Crippen molar-refractivity contribution < 1.29 is 14.4 Å². The Balaban J connectivity index is 1.55. The van der Waals surface area contributed by atoms with Crippen molar-refractivity contribution in [3.05, 3.63) is 65.1 Å². The molecule has 1 aromatic carbocycles. The number of methoxy groups -OCH3 is 1. The second-order valence-electron chi connectivity index (χ2n) is 6.55. The molecule has 0 radical (unpaired) electrons. The first-order valence-electron chi connectivity index (χ1n) is 9.38. The fourth-order valence-corrected chi connectivity index (χ4v) is 3.26. The van der Waals surface area contributed by atoms with Crippen molar-refractivity contribution in [1.29, 1.82) is 0 Å². The molecule has 3 heterocycles. The molecule has 1 aliphatic heterocycles. The highest BCUT2D eigenvalue weighted by molar-refractivity contribution is 5.64.